The molecule has 3 heterocycles. The van der Waals surface area contributed by atoms with E-state index in [9.17, 15) is 0 Å². The molecule has 0 aliphatic carbocycles. The molecule has 0 atom stereocenters. The fourth-order valence-electron chi connectivity index (χ4n) is 2.22. The Balaban J connectivity index is 1.80. The van der Waals surface area contributed by atoms with Crippen molar-refractivity contribution >= 4 is 18.3 Å². The smallest absolute Gasteiger partial charge is 0.145 e. The van der Waals surface area contributed by atoms with Gasteiger partial charge in [-0.2, -0.15) is 0 Å². The molecule has 3 nitrogen and oxygen atoms in total. The minimum atomic E-state index is -1.40. The molecule has 0 saturated carbocycles. The number of nitrogens with zero attached hydrogens (tertiary/aromatic N) is 3. The summed E-state index contributed by atoms with van der Waals surface area (Å²) in [5, 5.41) is 0. The van der Waals surface area contributed by atoms with Crippen LogP contribution >= 0.6 is 6.49 Å². The van der Waals surface area contributed by atoms with Crippen molar-refractivity contribution in [2.75, 3.05) is 39.3 Å². The standard InChI is InChI=1S/C9H18N3PS/c14-13(10-4-1-5-10,11-6-2-7-11)12-8-3-9-12/h1-9H2. The van der Waals surface area contributed by atoms with Gasteiger partial charge in [0, 0.05) is 39.3 Å². The van der Waals surface area contributed by atoms with E-state index < -0.39 is 6.49 Å². The maximum absolute atomic E-state index is 6.01. The molecule has 3 aliphatic rings. The molecule has 0 aromatic heterocycles. The third kappa shape index (κ3) is 1.25. The SMILES string of the molecule is S=P(N1CCC1)(N1CCC1)N1CCC1. The second kappa shape index (κ2) is 3.53. The van der Waals surface area contributed by atoms with Crippen LogP contribution in [0.3, 0.4) is 0 Å². The van der Waals surface area contributed by atoms with E-state index in [0.717, 1.165) is 0 Å². The van der Waals surface area contributed by atoms with Crippen molar-refractivity contribution in [1.29, 1.82) is 0 Å². The summed E-state index contributed by atoms with van der Waals surface area (Å²) in [5.74, 6) is 0. The van der Waals surface area contributed by atoms with Crippen LogP contribution in [0.4, 0.5) is 0 Å². The van der Waals surface area contributed by atoms with Gasteiger partial charge in [-0.15, -0.1) is 0 Å². The van der Waals surface area contributed by atoms with Gasteiger partial charge in [0.15, 0.2) is 0 Å². The molecule has 0 radical (unpaired) electrons. The Morgan fingerprint density at radius 2 is 0.929 bits per heavy atom. The predicted molar refractivity (Wildman–Crippen MR) is 62.9 cm³/mol. The fraction of sp³-hybridized carbons (Fsp3) is 1.00. The third-order valence-corrected chi connectivity index (χ3v) is 9.09. The topological polar surface area (TPSA) is 9.72 Å². The molecular formula is C9H18N3PS. The van der Waals surface area contributed by atoms with E-state index in [-0.39, 0.29) is 0 Å². The van der Waals surface area contributed by atoms with Crippen LogP contribution in [0.5, 0.6) is 0 Å². The van der Waals surface area contributed by atoms with Crippen LogP contribution < -0.4 is 0 Å². The molecule has 80 valence electrons. The van der Waals surface area contributed by atoms with Crippen molar-refractivity contribution in [3.8, 4) is 0 Å². The molecule has 0 aromatic rings. The van der Waals surface area contributed by atoms with E-state index in [1.807, 2.05) is 0 Å². The van der Waals surface area contributed by atoms with Crippen molar-refractivity contribution in [3.05, 3.63) is 0 Å². The molecule has 3 aliphatic heterocycles. The van der Waals surface area contributed by atoms with E-state index in [1.54, 1.807) is 0 Å². The molecular weight excluding hydrogens is 213 g/mol. The van der Waals surface area contributed by atoms with Crippen LogP contribution in [0.25, 0.3) is 0 Å². The molecule has 0 unspecified atom stereocenters. The van der Waals surface area contributed by atoms with Gasteiger partial charge in [-0.05, 0) is 31.1 Å². The minimum absolute atomic E-state index is 1.25. The van der Waals surface area contributed by atoms with Crippen molar-refractivity contribution < 1.29 is 0 Å². The number of rotatable bonds is 3. The van der Waals surface area contributed by atoms with Gasteiger partial charge >= 0.3 is 0 Å². The van der Waals surface area contributed by atoms with Gasteiger partial charge in [-0.1, -0.05) is 0 Å². The van der Waals surface area contributed by atoms with Crippen molar-refractivity contribution in [3.63, 3.8) is 0 Å². The minimum Gasteiger partial charge on any atom is -0.252 e. The van der Waals surface area contributed by atoms with Crippen LogP contribution in [0.1, 0.15) is 19.3 Å². The normalized spacial score (nSPS) is 30.6. The lowest BCUT2D eigenvalue weighted by Crippen LogP contribution is -2.53. The second-order valence-electron chi connectivity index (χ2n) is 4.43. The summed E-state index contributed by atoms with van der Waals surface area (Å²) >= 11 is 6.01. The quantitative estimate of drug-likeness (QED) is 0.678. The molecule has 3 rings (SSSR count). The van der Waals surface area contributed by atoms with Crippen LogP contribution in [-0.4, -0.2) is 53.3 Å². The average molecular weight is 231 g/mol. The summed E-state index contributed by atoms with van der Waals surface area (Å²) in [5.41, 5.74) is 0. The number of hydrogen-bond acceptors (Lipinski definition) is 1. The zero-order valence-corrected chi connectivity index (χ0v) is 10.3. The first-order valence-corrected chi connectivity index (χ1v) is 8.34. The molecule has 3 saturated heterocycles. The van der Waals surface area contributed by atoms with Crippen LogP contribution in [0.2, 0.25) is 0 Å². The zero-order chi connectivity index (χ0) is 9.60. The Morgan fingerprint density at radius 1 is 0.643 bits per heavy atom. The molecule has 0 bridgehead atoms. The first-order valence-electron chi connectivity index (χ1n) is 5.68. The van der Waals surface area contributed by atoms with Gasteiger partial charge in [-0.3, -0.25) is 14.0 Å². The Hall–Kier alpha value is 0.530. The fourth-order valence-corrected chi connectivity index (χ4v) is 7.17. The lowest BCUT2D eigenvalue weighted by molar-refractivity contribution is 0.202. The average Bonchev–Trinajstić information content (AvgIpc) is 1.69. The van der Waals surface area contributed by atoms with Crippen LogP contribution in [-0.2, 0) is 11.8 Å². The van der Waals surface area contributed by atoms with Gasteiger partial charge in [0.25, 0.3) is 0 Å². The predicted octanol–water partition coefficient (Wildman–Crippen LogP) is 1.33. The van der Waals surface area contributed by atoms with Gasteiger partial charge < -0.3 is 0 Å². The first kappa shape index (κ1) is 9.73. The lowest BCUT2D eigenvalue weighted by Gasteiger charge is -2.56. The molecule has 0 aromatic carbocycles. The molecule has 0 spiro atoms. The highest BCUT2D eigenvalue weighted by molar-refractivity contribution is 8.11. The summed E-state index contributed by atoms with van der Waals surface area (Å²) in [6.07, 6.45) is 4.08. The van der Waals surface area contributed by atoms with Crippen molar-refractivity contribution in [2.24, 2.45) is 0 Å². The van der Waals surface area contributed by atoms with Crippen LogP contribution in [0.15, 0.2) is 0 Å². The Kier molecular flexibility index (Phi) is 2.45. The first-order chi connectivity index (χ1) is 6.82. The van der Waals surface area contributed by atoms with Gasteiger partial charge in [0.1, 0.15) is 6.49 Å². The highest BCUT2D eigenvalue weighted by Crippen LogP contribution is 2.62. The van der Waals surface area contributed by atoms with Gasteiger partial charge in [0.05, 0.1) is 0 Å². The van der Waals surface area contributed by atoms with E-state index in [0.29, 0.717) is 0 Å². The lowest BCUT2D eigenvalue weighted by atomic mass is 10.3. The summed E-state index contributed by atoms with van der Waals surface area (Å²) in [6, 6.07) is 0. The molecule has 3 fully saturated rings. The second-order valence-corrected chi connectivity index (χ2v) is 8.63. The summed E-state index contributed by atoms with van der Waals surface area (Å²) < 4.78 is 7.75. The van der Waals surface area contributed by atoms with Crippen LogP contribution in [0, 0.1) is 0 Å². The van der Waals surface area contributed by atoms with Crippen molar-refractivity contribution in [2.45, 2.75) is 19.3 Å². The van der Waals surface area contributed by atoms with E-state index in [4.69, 9.17) is 11.8 Å². The number of hydrogen-bond donors (Lipinski definition) is 0. The Morgan fingerprint density at radius 3 is 1.07 bits per heavy atom. The van der Waals surface area contributed by atoms with E-state index in [1.165, 1.54) is 58.5 Å². The molecule has 0 N–H and O–H groups in total. The maximum Gasteiger partial charge on any atom is 0.145 e. The molecule has 0 amide bonds. The summed E-state index contributed by atoms with van der Waals surface area (Å²) in [4.78, 5) is 0. The van der Waals surface area contributed by atoms with E-state index >= 15 is 0 Å². The van der Waals surface area contributed by atoms with Gasteiger partial charge in [-0.25, -0.2) is 0 Å². The summed E-state index contributed by atoms with van der Waals surface area (Å²) in [7, 11) is 0. The maximum atomic E-state index is 6.01. The highest BCUT2D eigenvalue weighted by atomic mass is 32.4. The summed E-state index contributed by atoms with van der Waals surface area (Å²) in [6.45, 7) is 6.13. The van der Waals surface area contributed by atoms with Gasteiger partial charge in [0.2, 0.25) is 0 Å². The Bertz CT molecular complexity index is 228. The van der Waals surface area contributed by atoms with Crippen molar-refractivity contribution in [1.82, 2.24) is 14.0 Å². The monoisotopic (exact) mass is 231 g/mol. The zero-order valence-electron chi connectivity index (χ0n) is 8.56. The van der Waals surface area contributed by atoms with E-state index in [2.05, 4.69) is 14.0 Å². The molecule has 14 heavy (non-hydrogen) atoms. The highest BCUT2D eigenvalue weighted by Gasteiger charge is 2.44. The third-order valence-electron chi connectivity index (χ3n) is 3.60. The molecule has 5 heteroatoms. The largest absolute Gasteiger partial charge is 0.252 e. The Labute approximate surface area is 91.2 Å².